The fraction of sp³-hybridized carbons (Fsp3) is 0.476. The van der Waals surface area contributed by atoms with Gasteiger partial charge in [-0.1, -0.05) is 38.1 Å². The molecule has 0 bridgehead atoms. The van der Waals surface area contributed by atoms with Gasteiger partial charge in [-0.15, -0.1) is 5.10 Å². The lowest BCUT2D eigenvalue weighted by atomic mass is 10.0. The van der Waals surface area contributed by atoms with Gasteiger partial charge in [0.05, 0.1) is 18.9 Å². The number of nitrogens with one attached hydrogen (secondary N) is 1. The van der Waals surface area contributed by atoms with Gasteiger partial charge < -0.3 is 10.1 Å². The molecule has 6 nitrogen and oxygen atoms in total. The molecule has 27 heavy (non-hydrogen) atoms. The van der Waals surface area contributed by atoms with Gasteiger partial charge >= 0.3 is 0 Å². The first-order valence-corrected chi connectivity index (χ1v) is 9.65. The van der Waals surface area contributed by atoms with E-state index in [4.69, 9.17) is 4.74 Å². The number of hydrogen-bond donors (Lipinski definition) is 1. The average molecular weight is 365 g/mol. The van der Waals surface area contributed by atoms with Crippen LogP contribution in [-0.4, -0.2) is 41.4 Å². The Morgan fingerprint density at radius 3 is 2.41 bits per heavy atom. The lowest BCUT2D eigenvalue weighted by molar-refractivity contribution is 0.0342. The Hall–Kier alpha value is -2.49. The molecule has 0 spiro atoms. The molecule has 1 aliphatic rings. The highest BCUT2D eigenvalue weighted by Crippen LogP contribution is 2.20. The molecule has 1 saturated heterocycles. The van der Waals surface area contributed by atoms with Gasteiger partial charge in [-0.25, -0.2) is 0 Å². The van der Waals surface area contributed by atoms with E-state index in [0.717, 1.165) is 62.5 Å². The van der Waals surface area contributed by atoms with Crippen molar-refractivity contribution >= 4 is 5.82 Å². The summed E-state index contributed by atoms with van der Waals surface area (Å²) in [5.74, 6) is 0.573. The second kappa shape index (κ2) is 9.45. The molecule has 0 saturated carbocycles. The van der Waals surface area contributed by atoms with E-state index in [1.165, 1.54) is 5.56 Å². The Labute approximate surface area is 161 Å². The third-order valence-electron chi connectivity index (χ3n) is 4.95. The molecule has 3 rings (SSSR count). The Morgan fingerprint density at radius 2 is 1.78 bits per heavy atom. The first kappa shape index (κ1) is 19.3. The predicted octanol–water partition coefficient (Wildman–Crippen LogP) is 2.92. The topological polar surface area (TPSA) is 74.1 Å². The maximum atomic E-state index is 9.57. The summed E-state index contributed by atoms with van der Waals surface area (Å²) in [6.07, 6.45) is 1.57. The number of nitrogens with zero attached hydrogens (tertiary/aromatic N) is 4. The molecule has 2 heterocycles. The highest BCUT2D eigenvalue weighted by Gasteiger charge is 2.14. The zero-order valence-corrected chi connectivity index (χ0v) is 16.2. The van der Waals surface area contributed by atoms with E-state index in [9.17, 15) is 5.26 Å². The van der Waals surface area contributed by atoms with Gasteiger partial charge in [-0.2, -0.15) is 10.4 Å². The van der Waals surface area contributed by atoms with Crippen molar-refractivity contribution in [1.82, 2.24) is 15.1 Å². The Kier molecular flexibility index (Phi) is 6.74. The van der Waals surface area contributed by atoms with Crippen LogP contribution >= 0.6 is 0 Å². The number of anilines is 1. The quantitative estimate of drug-likeness (QED) is 0.813. The van der Waals surface area contributed by atoms with Crippen molar-refractivity contribution < 1.29 is 4.74 Å². The van der Waals surface area contributed by atoms with Crippen LogP contribution in [0.2, 0.25) is 0 Å². The van der Waals surface area contributed by atoms with Crippen LogP contribution in [0.1, 0.15) is 41.8 Å². The average Bonchev–Trinajstić information content (AvgIpc) is 2.73. The van der Waals surface area contributed by atoms with Crippen molar-refractivity contribution in [3.8, 4) is 6.07 Å². The molecule has 1 aliphatic heterocycles. The van der Waals surface area contributed by atoms with Crippen LogP contribution in [0.25, 0.3) is 0 Å². The van der Waals surface area contributed by atoms with E-state index < -0.39 is 0 Å². The van der Waals surface area contributed by atoms with Gasteiger partial charge in [0.25, 0.3) is 0 Å². The van der Waals surface area contributed by atoms with E-state index in [1.807, 2.05) is 13.8 Å². The lowest BCUT2D eigenvalue weighted by Crippen LogP contribution is -2.35. The molecule has 2 aromatic rings. The third kappa shape index (κ3) is 4.82. The second-order valence-electron chi connectivity index (χ2n) is 6.73. The standard InChI is InChI=1S/C21H27N5O/c1-3-18-19(13-22)21(25-24-20(18)4-2)23-14-16-5-7-17(8-6-16)15-26-9-11-27-12-10-26/h5-8H,3-4,9-12,14-15H2,1-2H3,(H,23,25). The molecule has 142 valence electrons. The Bertz CT molecular complexity index is 791. The first-order valence-electron chi connectivity index (χ1n) is 9.65. The SMILES string of the molecule is CCc1nnc(NCc2ccc(CN3CCOCC3)cc2)c(C#N)c1CC. The monoisotopic (exact) mass is 365 g/mol. The largest absolute Gasteiger partial charge is 0.379 e. The van der Waals surface area contributed by atoms with Gasteiger partial charge in [0.2, 0.25) is 0 Å². The molecule has 1 N–H and O–H groups in total. The van der Waals surface area contributed by atoms with E-state index in [-0.39, 0.29) is 0 Å². The minimum absolute atomic E-state index is 0.573. The van der Waals surface area contributed by atoms with Crippen LogP contribution in [0.15, 0.2) is 24.3 Å². The molecule has 0 atom stereocenters. The van der Waals surface area contributed by atoms with Crippen LogP contribution < -0.4 is 5.32 Å². The number of hydrogen-bond acceptors (Lipinski definition) is 6. The zero-order chi connectivity index (χ0) is 19.1. The van der Waals surface area contributed by atoms with Crippen molar-refractivity contribution in [2.45, 2.75) is 39.8 Å². The van der Waals surface area contributed by atoms with Crippen molar-refractivity contribution in [1.29, 1.82) is 5.26 Å². The second-order valence-corrected chi connectivity index (χ2v) is 6.73. The summed E-state index contributed by atoms with van der Waals surface area (Å²) in [6, 6.07) is 10.9. The normalized spacial score (nSPS) is 14.7. The number of ether oxygens (including phenoxy) is 1. The summed E-state index contributed by atoms with van der Waals surface area (Å²) < 4.78 is 5.40. The van der Waals surface area contributed by atoms with Crippen LogP contribution in [0.4, 0.5) is 5.82 Å². The first-order chi connectivity index (χ1) is 13.2. The smallest absolute Gasteiger partial charge is 0.167 e. The number of morpholine rings is 1. The Morgan fingerprint density at radius 1 is 1.07 bits per heavy atom. The minimum Gasteiger partial charge on any atom is -0.379 e. The van der Waals surface area contributed by atoms with Gasteiger partial charge in [-0.05, 0) is 29.5 Å². The van der Waals surface area contributed by atoms with E-state index in [0.29, 0.717) is 17.9 Å². The van der Waals surface area contributed by atoms with Crippen molar-refractivity contribution in [2.24, 2.45) is 0 Å². The van der Waals surface area contributed by atoms with Crippen molar-refractivity contribution in [2.75, 3.05) is 31.6 Å². The Balaban J connectivity index is 1.64. The summed E-state index contributed by atoms with van der Waals surface area (Å²) in [4.78, 5) is 2.41. The van der Waals surface area contributed by atoms with E-state index in [2.05, 4.69) is 50.7 Å². The van der Waals surface area contributed by atoms with Crippen LogP contribution in [0.5, 0.6) is 0 Å². The lowest BCUT2D eigenvalue weighted by Gasteiger charge is -2.26. The van der Waals surface area contributed by atoms with Crippen LogP contribution in [0, 0.1) is 11.3 Å². The molecule has 1 aromatic heterocycles. The highest BCUT2D eigenvalue weighted by atomic mass is 16.5. The van der Waals surface area contributed by atoms with E-state index in [1.54, 1.807) is 0 Å². The highest BCUT2D eigenvalue weighted by molar-refractivity contribution is 5.56. The fourth-order valence-electron chi connectivity index (χ4n) is 3.38. The molecule has 0 unspecified atom stereocenters. The molecule has 0 radical (unpaired) electrons. The van der Waals surface area contributed by atoms with Gasteiger partial charge in [0.1, 0.15) is 11.6 Å². The van der Waals surface area contributed by atoms with E-state index >= 15 is 0 Å². The predicted molar refractivity (Wildman–Crippen MR) is 105 cm³/mol. The maximum Gasteiger partial charge on any atom is 0.167 e. The summed E-state index contributed by atoms with van der Waals surface area (Å²) in [5, 5.41) is 21.4. The van der Waals surface area contributed by atoms with Crippen LogP contribution in [0.3, 0.4) is 0 Å². The molecule has 1 aromatic carbocycles. The van der Waals surface area contributed by atoms with Gasteiger partial charge in [0.15, 0.2) is 5.82 Å². The number of rotatable bonds is 7. The molecular formula is C21H27N5O. The summed E-state index contributed by atoms with van der Waals surface area (Å²) in [6.45, 7) is 9.29. The summed E-state index contributed by atoms with van der Waals surface area (Å²) in [5.41, 5.74) is 4.99. The summed E-state index contributed by atoms with van der Waals surface area (Å²) in [7, 11) is 0. The summed E-state index contributed by atoms with van der Waals surface area (Å²) >= 11 is 0. The molecule has 0 aliphatic carbocycles. The third-order valence-corrected chi connectivity index (χ3v) is 4.95. The molecule has 1 fully saturated rings. The minimum atomic E-state index is 0.573. The van der Waals surface area contributed by atoms with Gasteiger partial charge in [0, 0.05) is 26.2 Å². The molecule has 0 amide bonds. The number of nitriles is 1. The number of aryl methyl sites for hydroxylation is 1. The van der Waals surface area contributed by atoms with Gasteiger partial charge in [-0.3, -0.25) is 4.90 Å². The zero-order valence-electron chi connectivity index (χ0n) is 16.2. The van der Waals surface area contributed by atoms with Crippen molar-refractivity contribution in [3.05, 3.63) is 52.2 Å². The van der Waals surface area contributed by atoms with Crippen molar-refractivity contribution in [3.63, 3.8) is 0 Å². The number of benzene rings is 1. The maximum absolute atomic E-state index is 9.57. The molecular weight excluding hydrogens is 338 g/mol. The molecule has 6 heteroatoms. The van der Waals surface area contributed by atoms with Crippen LogP contribution in [-0.2, 0) is 30.7 Å². The fourth-order valence-corrected chi connectivity index (χ4v) is 3.38. The number of aromatic nitrogens is 2.